The molecule has 1 N–H and O–H groups in total. The van der Waals surface area contributed by atoms with Crippen LogP contribution in [0.3, 0.4) is 0 Å². The molecule has 0 aromatic carbocycles. The molecule has 0 amide bonds. The van der Waals surface area contributed by atoms with Gasteiger partial charge in [-0.15, -0.1) is 0 Å². The smallest absolute Gasteiger partial charge is 0.129 e. The number of hydrogen-bond acceptors (Lipinski definition) is 4. The van der Waals surface area contributed by atoms with E-state index in [9.17, 15) is 0 Å². The molecule has 1 unspecified atom stereocenters. The maximum absolute atomic E-state index is 9.08. The summed E-state index contributed by atoms with van der Waals surface area (Å²) in [5.74, 6) is 0.454. The lowest BCUT2D eigenvalue weighted by Gasteiger charge is -2.38. The van der Waals surface area contributed by atoms with Crippen LogP contribution in [0.5, 0.6) is 0 Å². The zero-order valence-electron chi connectivity index (χ0n) is 10.8. The summed E-state index contributed by atoms with van der Waals surface area (Å²) in [4.78, 5) is 2.24. The van der Waals surface area contributed by atoms with Crippen molar-refractivity contribution in [3.05, 3.63) is 35.1 Å². The molecular weight excluding hydrogens is 238 g/mol. The molecule has 0 aromatic heterocycles. The summed E-state index contributed by atoms with van der Waals surface area (Å²) < 4.78 is 0. The highest BCUT2D eigenvalue weighted by Crippen LogP contribution is 2.35. The molecule has 2 aliphatic rings. The molecule has 1 fully saturated rings. The summed E-state index contributed by atoms with van der Waals surface area (Å²) in [6, 6.07) is 3.79. The van der Waals surface area contributed by atoms with Gasteiger partial charge in [0.1, 0.15) is 17.7 Å². The summed E-state index contributed by atoms with van der Waals surface area (Å²) in [6.45, 7) is 1.86. The predicted molar refractivity (Wildman–Crippen MR) is 71.5 cm³/mol. The van der Waals surface area contributed by atoms with Gasteiger partial charge >= 0.3 is 0 Å². The molecule has 2 rings (SSSR count). The normalized spacial score (nSPS) is 21.4. The van der Waals surface area contributed by atoms with E-state index in [1.54, 1.807) is 6.08 Å². The third kappa shape index (κ3) is 3.05. The van der Waals surface area contributed by atoms with Crippen molar-refractivity contribution in [3.8, 4) is 12.1 Å². The van der Waals surface area contributed by atoms with Crippen LogP contribution in [0.4, 0.5) is 0 Å². The van der Waals surface area contributed by atoms with E-state index in [0.717, 1.165) is 31.4 Å². The van der Waals surface area contributed by atoms with Crippen molar-refractivity contribution < 1.29 is 5.11 Å². The second-order valence-electron chi connectivity index (χ2n) is 4.87. The van der Waals surface area contributed by atoms with Gasteiger partial charge in [0.05, 0.1) is 6.61 Å². The van der Waals surface area contributed by atoms with Crippen LogP contribution < -0.4 is 0 Å². The van der Waals surface area contributed by atoms with Gasteiger partial charge in [0.2, 0.25) is 0 Å². The van der Waals surface area contributed by atoms with Crippen molar-refractivity contribution in [3.63, 3.8) is 0 Å². The van der Waals surface area contributed by atoms with E-state index < -0.39 is 0 Å². The third-order valence-electron chi connectivity index (χ3n) is 3.65. The highest BCUT2D eigenvalue weighted by Gasteiger charge is 2.26. The van der Waals surface area contributed by atoms with Crippen LogP contribution in [-0.4, -0.2) is 29.7 Å². The molecular formula is C15H17N3O. The minimum atomic E-state index is 0.158. The molecule has 1 atom stereocenters. The first-order valence-electron chi connectivity index (χ1n) is 6.57. The van der Waals surface area contributed by atoms with Crippen LogP contribution in [0.2, 0.25) is 0 Å². The van der Waals surface area contributed by atoms with E-state index in [4.69, 9.17) is 15.6 Å². The van der Waals surface area contributed by atoms with Gasteiger partial charge in [0.15, 0.2) is 0 Å². The summed E-state index contributed by atoms with van der Waals surface area (Å²) >= 11 is 0. The highest BCUT2D eigenvalue weighted by molar-refractivity contribution is 5.44. The molecule has 0 bridgehead atoms. The molecule has 1 heterocycles. The lowest BCUT2D eigenvalue weighted by molar-refractivity contribution is 0.185. The summed E-state index contributed by atoms with van der Waals surface area (Å²) in [5, 5.41) is 26.6. The Morgan fingerprint density at radius 2 is 2.21 bits per heavy atom. The molecule has 0 radical (unpaired) electrons. The second kappa shape index (κ2) is 6.22. The SMILES string of the molecule is N#CC(C#N)=CC1=CC=C2C(CCCN2CCO)C1. The minimum Gasteiger partial charge on any atom is -0.395 e. The van der Waals surface area contributed by atoms with E-state index in [1.165, 1.54) is 5.70 Å². The molecule has 4 nitrogen and oxygen atoms in total. The number of rotatable bonds is 3. The minimum absolute atomic E-state index is 0.158. The van der Waals surface area contributed by atoms with Gasteiger partial charge in [0, 0.05) is 24.7 Å². The van der Waals surface area contributed by atoms with Crippen LogP contribution in [0.15, 0.2) is 35.1 Å². The number of β-amino-alcohol motifs (C(OH)–C–C–N with tert-alkyl or cyclic N) is 1. The predicted octanol–water partition coefficient (Wildman–Crippen LogP) is 1.88. The lowest BCUT2D eigenvalue weighted by Crippen LogP contribution is -2.36. The number of allylic oxidation sites excluding steroid dienone is 6. The molecule has 0 aromatic rings. The Labute approximate surface area is 113 Å². The van der Waals surface area contributed by atoms with E-state index in [-0.39, 0.29) is 12.2 Å². The quantitative estimate of drug-likeness (QED) is 0.782. The van der Waals surface area contributed by atoms with E-state index >= 15 is 0 Å². The van der Waals surface area contributed by atoms with Crippen LogP contribution >= 0.6 is 0 Å². The third-order valence-corrected chi connectivity index (χ3v) is 3.65. The Bertz CT molecular complexity index is 498. The second-order valence-corrected chi connectivity index (χ2v) is 4.87. The summed E-state index contributed by atoms with van der Waals surface area (Å²) in [5.41, 5.74) is 2.48. The Balaban J connectivity index is 2.20. The first-order valence-corrected chi connectivity index (χ1v) is 6.57. The van der Waals surface area contributed by atoms with Gasteiger partial charge in [-0.1, -0.05) is 6.08 Å². The van der Waals surface area contributed by atoms with Crippen LogP contribution in [0.25, 0.3) is 0 Å². The van der Waals surface area contributed by atoms with E-state index in [1.807, 2.05) is 18.2 Å². The molecule has 1 aliphatic carbocycles. The Morgan fingerprint density at radius 3 is 2.89 bits per heavy atom. The first-order chi connectivity index (χ1) is 9.28. The number of fused-ring (bicyclic) bond motifs is 1. The number of nitrogens with zero attached hydrogens (tertiary/aromatic N) is 3. The van der Waals surface area contributed by atoms with E-state index in [2.05, 4.69) is 11.0 Å². The maximum Gasteiger partial charge on any atom is 0.129 e. The summed E-state index contributed by atoms with van der Waals surface area (Å²) in [6.07, 6.45) is 8.87. The topological polar surface area (TPSA) is 71.0 Å². The fraction of sp³-hybridized carbons (Fsp3) is 0.467. The number of piperidine rings is 1. The average molecular weight is 255 g/mol. The molecule has 1 saturated heterocycles. The van der Waals surface area contributed by atoms with Gasteiger partial charge in [-0.25, -0.2) is 0 Å². The fourth-order valence-electron chi connectivity index (χ4n) is 2.80. The number of aliphatic hydroxyl groups excluding tert-OH is 1. The fourth-order valence-corrected chi connectivity index (χ4v) is 2.80. The van der Waals surface area contributed by atoms with Crippen molar-refractivity contribution in [2.75, 3.05) is 19.7 Å². The molecule has 0 saturated carbocycles. The largest absolute Gasteiger partial charge is 0.395 e. The highest BCUT2D eigenvalue weighted by atomic mass is 16.3. The van der Waals surface area contributed by atoms with Gasteiger partial charge in [-0.05, 0) is 37.0 Å². The lowest BCUT2D eigenvalue weighted by atomic mass is 9.84. The number of nitriles is 2. The molecule has 4 heteroatoms. The zero-order valence-corrected chi connectivity index (χ0v) is 10.8. The Hall–Kier alpha value is -2.04. The van der Waals surface area contributed by atoms with Crippen LogP contribution in [0.1, 0.15) is 19.3 Å². The zero-order chi connectivity index (χ0) is 13.7. The molecule has 98 valence electrons. The van der Waals surface area contributed by atoms with Gasteiger partial charge < -0.3 is 10.0 Å². The average Bonchev–Trinajstić information content (AvgIpc) is 2.45. The van der Waals surface area contributed by atoms with Crippen molar-refractivity contribution in [1.82, 2.24) is 4.90 Å². The Morgan fingerprint density at radius 1 is 1.42 bits per heavy atom. The molecule has 0 spiro atoms. The first kappa shape index (κ1) is 13.4. The number of likely N-dealkylation sites (tertiary alicyclic amines) is 1. The van der Waals surface area contributed by atoms with Crippen molar-refractivity contribution >= 4 is 0 Å². The summed E-state index contributed by atoms with van der Waals surface area (Å²) in [7, 11) is 0. The maximum atomic E-state index is 9.08. The van der Waals surface area contributed by atoms with Gasteiger partial charge in [-0.2, -0.15) is 10.5 Å². The van der Waals surface area contributed by atoms with Crippen LogP contribution in [-0.2, 0) is 0 Å². The number of aliphatic hydroxyl groups is 1. The monoisotopic (exact) mass is 255 g/mol. The van der Waals surface area contributed by atoms with Gasteiger partial charge in [0.25, 0.3) is 0 Å². The Kier molecular flexibility index (Phi) is 4.39. The van der Waals surface area contributed by atoms with Gasteiger partial charge in [-0.3, -0.25) is 0 Å². The number of hydrogen-bond donors (Lipinski definition) is 1. The van der Waals surface area contributed by atoms with Crippen LogP contribution in [0, 0.1) is 28.6 Å². The molecule has 19 heavy (non-hydrogen) atoms. The van der Waals surface area contributed by atoms with Crippen molar-refractivity contribution in [1.29, 1.82) is 10.5 Å². The van der Waals surface area contributed by atoms with Crippen molar-refractivity contribution in [2.24, 2.45) is 5.92 Å². The molecule has 1 aliphatic heterocycles. The van der Waals surface area contributed by atoms with E-state index in [0.29, 0.717) is 12.5 Å². The standard InChI is InChI=1S/C15H17N3O/c16-10-13(11-17)8-12-3-4-15-14(9-12)2-1-5-18(15)6-7-19/h3-4,8,14,19H,1-2,5-7,9H2. The van der Waals surface area contributed by atoms with Crippen molar-refractivity contribution in [2.45, 2.75) is 19.3 Å².